The summed E-state index contributed by atoms with van der Waals surface area (Å²) in [6.45, 7) is -2.67. The molecule has 36 heavy (non-hydrogen) atoms. The van der Waals surface area contributed by atoms with E-state index >= 15 is 0 Å². The van der Waals surface area contributed by atoms with Crippen molar-refractivity contribution in [3.8, 4) is 28.5 Å². The molecule has 1 amide bonds. The van der Waals surface area contributed by atoms with E-state index in [1.807, 2.05) is 6.07 Å². The Hall–Kier alpha value is -3.40. The van der Waals surface area contributed by atoms with E-state index in [1.165, 1.54) is 19.6 Å². The summed E-state index contributed by atoms with van der Waals surface area (Å²) in [5.74, 6) is 0.0265. The van der Waals surface area contributed by atoms with Gasteiger partial charge in [0.05, 0.1) is 24.5 Å². The van der Waals surface area contributed by atoms with Crippen molar-refractivity contribution in [3.05, 3.63) is 42.2 Å². The van der Waals surface area contributed by atoms with Crippen molar-refractivity contribution < 1.29 is 27.8 Å². The molecule has 2 saturated carbocycles. The summed E-state index contributed by atoms with van der Waals surface area (Å²) in [5, 5.41) is 2.80. The molecule has 192 valence electrons. The lowest BCUT2D eigenvalue weighted by Gasteiger charge is -2.33. The number of carbonyl (C=O) groups excluding carboxylic acids is 1. The van der Waals surface area contributed by atoms with Crippen molar-refractivity contribution in [2.24, 2.45) is 5.73 Å². The van der Waals surface area contributed by atoms with Gasteiger partial charge in [-0.1, -0.05) is 19.3 Å². The zero-order valence-electron chi connectivity index (χ0n) is 20.1. The van der Waals surface area contributed by atoms with Gasteiger partial charge in [-0.3, -0.25) is 9.20 Å². The predicted molar refractivity (Wildman–Crippen MR) is 130 cm³/mol. The largest absolute Gasteiger partial charge is 0.496 e. The first kappa shape index (κ1) is 24.3. The summed E-state index contributed by atoms with van der Waals surface area (Å²) in [7, 11) is 1.38. The summed E-state index contributed by atoms with van der Waals surface area (Å²) in [6.07, 6.45) is 10.5. The van der Waals surface area contributed by atoms with Gasteiger partial charge in [-0.2, -0.15) is 8.78 Å². The molecule has 2 heterocycles. The van der Waals surface area contributed by atoms with Crippen LogP contribution in [0.4, 0.5) is 8.78 Å². The Morgan fingerprint density at radius 3 is 2.67 bits per heavy atom. The number of hydrogen-bond donors (Lipinski definition) is 2. The molecule has 2 fully saturated rings. The van der Waals surface area contributed by atoms with Gasteiger partial charge in [0.1, 0.15) is 35.1 Å². The van der Waals surface area contributed by atoms with Crippen LogP contribution < -0.4 is 25.3 Å². The molecule has 10 heteroatoms. The number of rotatable bonds is 9. The van der Waals surface area contributed by atoms with Crippen molar-refractivity contribution >= 4 is 11.6 Å². The normalized spacial score (nSPS) is 17.2. The van der Waals surface area contributed by atoms with Crippen LogP contribution in [-0.2, 0) is 0 Å². The quantitative estimate of drug-likeness (QED) is 0.447. The Labute approximate surface area is 207 Å². The molecular formula is C26H30F2N4O4. The number of nitrogens with zero attached hydrogens (tertiary/aromatic N) is 2. The third-order valence-corrected chi connectivity index (χ3v) is 6.80. The zero-order valence-corrected chi connectivity index (χ0v) is 20.1. The van der Waals surface area contributed by atoms with E-state index in [4.69, 9.17) is 19.9 Å². The van der Waals surface area contributed by atoms with Gasteiger partial charge in [0, 0.05) is 23.9 Å². The maximum absolute atomic E-state index is 13.2. The molecule has 2 aliphatic carbocycles. The number of amides is 1. The van der Waals surface area contributed by atoms with Crippen LogP contribution in [0.3, 0.4) is 0 Å². The highest BCUT2D eigenvalue weighted by Crippen LogP contribution is 2.37. The van der Waals surface area contributed by atoms with Gasteiger partial charge in [-0.25, -0.2) is 4.98 Å². The molecule has 0 spiro atoms. The van der Waals surface area contributed by atoms with E-state index in [-0.39, 0.29) is 28.6 Å². The average molecular weight is 501 g/mol. The van der Waals surface area contributed by atoms with Gasteiger partial charge < -0.3 is 25.3 Å². The number of pyridine rings is 1. The highest BCUT2D eigenvalue weighted by Gasteiger charge is 2.30. The Morgan fingerprint density at radius 2 is 1.97 bits per heavy atom. The number of halogens is 2. The Balaban J connectivity index is 1.44. The number of imidazole rings is 1. The fourth-order valence-electron chi connectivity index (χ4n) is 4.69. The first-order valence-electron chi connectivity index (χ1n) is 12.2. The van der Waals surface area contributed by atoms with Crippen LogP contribution in [0.5, 0.6) is 17.2 Å². The summed E-state index contributed by atoms with van der Waals surface area (Å²) < 4.78 is 44.5. The molecule has 0 radical (unpaired) electrons. The Bertz CT molecular complexity index is 1250. The van der Waals surface area contributed by atoms with Crippen LogP contribution in [-0.4, -0.2) is 47.2 Å². The molecule has 0 aliphatic heterocycles. The Morgan fingerprint density at radius 1 is 1.22 bits per heavy atom. The van der Waals surface area contributed by atoms with Gasteiger partial charge in [0.2, 0.25) is 0 Å². The third kappa shape index (κ3) is 5.23. The monoisotopic (exact) mass is 500 g/mol. The topological polar surface area (TPSA) is 100 Å². The van der Waals surface area contributed by atoms with Gasteiger partial charge in [0.15, 0.2) is 0 Å². The minimum absolute atomic E-state index is 0.0451. The molecule has 8 nitrogen and oxygen atoms in total. The second-order valence-electron chi connectivity index (χ2n) is 9.62. The van der Waals surface area contributed by atoms with Crippen LogP contribution in [0, 0.1) is 0 Å². The number of nitrogens with one attached hydrogen (secondary N) is 1. The third-order valence-electron chi connectivity index (χ3n) is 6.80. The van der Waals surface area contributed by atoms with Crippen LogP contribution in [0.15, 0.2) is 36.7 Å². The number of nitrogens with two attached hydrogens (primary N) is 1. The summed E-state index contributed by atoms with van der Waals surface area (Å²) in [5.41, 5.74) is 7.86. The number of alkyl halides is 2. The number of ether oxygens (including phenoxy) is 3. The first-order chi connectivity index (χ1) is 17.3. The molecule has 5 rings (SSSR count). The lowest BCUT2D eigenvalue weighted by atomic mass is 9.83. The molecule has 1 aromatic carbocycles. The number of hydrogen-bond acceptors (Lipinski definition) is 6. The fourth-order valence-corrected chi connectivity index (χ4v) is 4.69. The highest BCUT2D eigenvalue weighted by atomic mass is 19.3. The lowest BCUT2D eigenvalue weighted by molar-refractivity contribution is -0.0502. The molecule has 3 aromatic rings. The standard InChI is InChI=1S/C26H30F2N4O4/c1-34-20-11-16(12-21(36-25(27)28)23(20)24(33)31-17-5-6-17)19-14-30-22-13-18(7-10-32(19)22)35-15-26(29)8-3-2-4-9-26/h7,10-14,17,25H,2-6,8-9,15,29H2,1H3,(H,31,33). The van der Waals surface area contributed by atoms with Crippen molar-refractivity contribution in [2.45, 2.75) is 63.1 Å². The second-order valence-corrected chi connectivity index (χ2v) is 9.62. The number of fused-ring (bicyclic) bond motifs is 1. The van der Waals surface area contributed by atoms with Crippen molar-refractivity contribution in [1.29, 1.82) is 0 Å². The van der Waals surface area contributed by atoms with Crippen LogP contribution in [0.1, 0.15) is 55.3 Å². The maximum Gasteiger partial charge on any atom is 0.387 e. The molecule has 3 N–H and O–H groups in total. The van der Waals surface area contributed by atoms with Gasteiger partial charge >= 0.3 is 6.61 Å². The summed E-state index contributed by atoms with van der Waals surface area (Å²) >= 11 is 0. The molecule has 0 atom stereocenters. The molecule has 0 saturated heterocycles. The van der Waals surface area contributed by atoms with Crippen molar-refractivity contribution in [2.75, 3.05) is 13.7 Å². The average Bonchev–Trinajstić information content (AvgIpc) is 3.57. The van der Waals surface area contributed by atoms with E-state index in [0.717, 1.165) is 38.5 Å². The molecule has 2 aromatic heterocycles. The van der Waals surface area contributed by atoms with E-state index < -0.39 is 12.5 Å². The number of benzene rings is 1. The molecule has 0 unspecified atom stereocenters. The lowest BCUT2D eigenvalue weighted by Crippen LogP contribution is -2.47. The van der Waals surface area contributed by atoms with Crippen molar-refractivity contribution in [1.82, 2.24) is 14.7 Å². The van der Waals surface area contributed by atoms with Crippen LogP contribution in [0.25, 0.3) is 16.9 Å². The SMILES string of the molecule is COc1cc(-c2cnc3cc(OCC4(N)CCCCC4)ccn23)cc(OC(F)F)c1C(=O)NC1CC1. The van der Waals surface area contributed by atoms with E-state index in [1.54, 1.807) is 28.9 Å². The molecule has 2 aliphatic rings. The number of carbonyl (C=O) groups is 1. The second kappa shape index (κ2) is 9.93. The van der Waals surface area contributed by atoms with E-state index in [9.17, 15) is 13.6 Å². The fraction of sp³-hybridized carbons (Fsp3) is 0.462. The summed E-state index contributed by atoms with van der Waals surface area (Å²) in [4.78, 5) is 17.2. The van der Waals surface area contributed by atoms with E-state index in [0.29, 0.717) is 29.3 Å². The smallest absolute Gasteiger partial charge is 0.387 e. The van der Waals surface area contributed by atoms with Gasteiger partial charge in [-0.15, -0.1) is 0 Å². The molecule has 0 bridgehead atoms. The number of aromatic nitrogens is 2. The van der Waals surface area contributed by atoms with Gasteiger partial charge in [0.25, 0.3) is 5.91 Å². The number of methoxy groups -OCH3 is 1. The van der Waals surface area contributed by atoms with E-state index in [2.05, 4.69) is 10.3 Å². The minimum atomic E-state index is -3.10. The van der Waals surface area contributed by atoms with Crippen molar-refractivity contribution in [3.63, 3.8) is 0 Å². The Kier molecular flexibility index (Phi) is 6.70. The summed E-state index contributed by atoms with van der Waals surface area (Å²) in [6, 6.07) is 6.70. The zero-order chi connectivity index (χ0) is 25.3. The maximum atomic E-state index is 13.2. The first-order valence-corrected chi connectivity index (χ1v) is 12.2. The van der Waals surface area contributed by atoms with Gasteiger partial charge in [-0.05, 0) is 43.9 Å². The molecular weight excluding hydrogens is 470 g/mol. The minimum Gasteiger partial charge on any atom is -0.496 e. The van der Waals surface area contributed by atoms with Crippen LogP contribution >= 0.6 is 0 Å². The highest BCUT2D eigenvalue weighted by molar-refractivity contribution is 6.01. The predicted octanol–water partition coefficient (Wildman–Crippen LogP) is 4.54. The van der Waals surface area contributed by atoms with Crippen LogP contribution in [0.2, 0.25) is 0 Å².